The van der Waals surface area contributed by atoms with Crippen LogP contribution in [0, 0.1) is 0 Å². The first kappa shape index (κ1) is 13.2. The number of carboxylic acids is 1. The third kappa shape index (κ3) is 3.57. The van der Waals surface area contributed by atoms with Crippen LogP contribution in [-0.2, 0) is 4.79 Å². The first-order chi connectivity index (χ1) is 7.91. The molecular formula is C12H16N2O3. The summed E-state index contributed by atoms with van der Waals surface area (Å²) in [6.07, 6.45) is 0. The number of anilines is 1. The van der Waals surface area contributed by atoms with Crippen LogP contribution in [0.25, 0.3) is 0 Å². The Hall–Kier alpha value is -1.88. The van der Waals surface area contributed by atoms with Crippen LogP contribution in [0.2, 0.25) is 0 Å². The maximum atomic E-state index is 11.7. The number of carboxylic acid groups (broad SMARTS) is 1. The number of hydrogen-bond donors (Lipinski definition) is 1. The lowest BCUT2D eigenvalue weighted by atomic mass is 10.2. The van der Waals surface area contributed by atoms with Gasteiger partial charge in [-0.05, 0) is 38.4 Å². The van der Waals surface area contributed by atoms with Crippen molar-refractivity contribution in [3.63, 3.8) is 0 Å². The highest BCUT2D eigenvalue weighted by Crippen LogP contribution is 2.14. The molecule has 0 atom stereocenters. The van der Waals surface area contributed by atoms with Crippen molar-refractivity contribution in [3.8, 4) is 0 Å². The van der Waals surface area contributed by atoms with Gasteiger partial charge in [-0.15, -0.1) is 0 Å². The second-order valence-corrected chi connectivity index (χ2v) is 4.04. The number of likely N-dealkylation sites (N-methyl/N-ethyl adjacent to an activating group) is 2. The molecule has 0 heterocycles. The number of carbonyl (C=O) groups excluding carboxylic acids is 1. The van der Waals surface area contributed by atoms with E-state index in [0.29, 0.717) is 12.2 Å². The monoisotopic (exact) mass is 236 g/mol. The van der Waals surface area contributed by atoms with E-state index < -0.39 is 5.97 Å². The minimum atomic E-state index is -0.973. The van der Waals surface area contributed by atoms with E-state index in [1.54, 1.807) is 24.1 Å². The van der Waals surface area contributed by atoms with Crippen molar-refractivity contribution in [1.29, 1.82) is 0 Å². The Balaban J connectivity index is 2.79. The largest absolute Gasteiger partial charge is 0.478 e. The highest BCUT2D eigenvalue weighted by molar-refractivity contribution is 5.95. The molecule has 0 saturated heterocycles. The fourth-order valence-corrected chi connectivity index (χ4v) is 1.35. The van der Waals surface area contributed by atoms with Gasteiger partial charge in [0.15, 0.2) is 0 Å². The average Bonchev–Trinajstić information content (AvgIpc) is 2.27. The second-order valence-electron chi connectivity index (χ2n) is 4.04. The summed E-state index contributed by atoms with van der Waals surface area (Å²) in [5, 5.41) is 8.76. The lowest BCUT2D eigenvalue weighted by Gasteiger charge is -2.19. The Labute approximate surface area is 100 Å². The Morgan fingerprint density at radius 2 is 1.65 bits per heavy atom. The van der Waals surface area contributed by atoms with Gasteiger partial charge in [0, 0.05) is 12.7 Å². The molecule has 0 unspecified atom stereocenters. The highest BCUT2D eigenvalue weighted by Gasteiger charge is 2.12. The van der Waals surface area contributed by atoms with Gasteiger partial charge < -0.3 is 14.9 Å². The van der Waals surface area contributed by atoms with Gasteiger partial charge in [-0.3, -0.25) is 4.79 Å². The molecule has 17 heavy (non-hydrogen) atoms. The van der Waals surface area contributed by atoms with Crippen LogP contribution in [0.4, 0.5) is 5.69 Å². The van der Waals surface area contributed by atoms with Gasteiger partial charge in [0.1, 0.15) is 0 Å². The van der Waals surface area contributed by atoms with Crippen molar-refractivity contribution in [1.82, 2.24) is 4.90 Å². The Bertz CT molecular complexity index is 412. The summed E-state index contributed by atoms with van der Waals surface area (Å²) in [5.41, 5.74) is 0.893. The number of nitrogens with zero attached hydrogens (tertiary/aromatic N) is 2. The zero-order chi connectivity index (χ0) is 13.0. The van der Waals surface area contributed by atoms with Gasteiger partial charge in [0.2, 0.25) is 5.91 Å². The summed E-state index contributed by atoms with van der Waals surface area (Å²) in [7, 11) is 5.31. The minimum Gasteiger partial charge on any atom is -0.478 e. The number of aromatic carboxylic acids is 1. The van der Waals surface area contributed by atoms with Gasteiger partial charge in [-0.1, -0.05) is 0 Å². The molecular weight excluding hydrogens is 220 g/mol. The van der Waals surface area contributed by atoms with E-state index in [2.05, 4.69) is 0 Å². The maximum Gasteiger partial charge on any atom is 0.335 e. The molecule has 0 bridgehead atoms. The molecule has 0 fully saturated rings. The second kappa shape index (κ2) is 5.45. The Morgan fingerprint density at radius 1 is 1.12 bits per heavy atom. The lowest BCUT2D eigenvalue weighted by Crippen LogP contribution is -2.34. The van der Waals surface area contributed by atoms with Crippen LogP contribution in [-0.4, -0.2) is 49.6 Å². The van der Waals surface area contributed by atoms with Gasteiger partial charge in [-0.2, -0.15) is 0 Å². The van der Waals surface area contributed by atoms with Gasteiger partial charge in [0.25, 0.3) is 0 Å². The topological polar surface area (TPSA) is 60.9 Å². The quantitative estimate of drug-likeness (QED) is 0.844. The van der Waals surface area contributed by atoms with E-state index in [4.69, 9.17) is 5.11 Å². The van der Waals surface area contributed by atoms with Crippen molar-refractivity contribution in [2.75, 3.05) is 32.6 Å². The van der Waals surface area contributed by atoms with Crippen LogP contribution >= 0.6 is 0 Å². The van der Waals surface area contributed by atoms with Crippen LogP contribution in [0.3, 0.4) is 0 Å². The molecule has 1 amide bonds. The predicted molar refractivity (Wildman–Crippen MR) is 65.4 cm³/mol. The van der Waals surface area contributed by atoms with Gasteiger partial charge >= 0.3 is 5.97 Å². The molecule has 0 radical (unpaired) electrons. The SMILES string of the molecule is CN(C)CC(=O)N(C)c1ccc(C(=O)O)cc1. The zero-order valence-corrected chi connectivity index (χ0v) is 10.2. The smallest absolute Gasteiger partial charge is 0.335 e. The van der Waals surface area contributed by atoms with Crippen molar-refractivity contribution in [3.05, 3.63) is 29.8 Å². The molecule has 0 aliphatic heterocycles. The summed E-state index contributed by atoms with van der Waals surface area (Å²) < 4.78 is 0. The maximum absolute atomic E-state index is 11.7. The Morgan fingerprint density at radius 3 is 2.06 bits per heavy atom. The molecule has 0 aliphatic carbocycles. The predicted octanol–water partition coefficient (Wildman–Crippen LogP) is 0.909. The summed E-state index contributed by atoms with van der Waals surface area (Å²) in [5.74, 6) is -1.02. The lowest BCUT2D eigenvalue weighted by molar-refractivity contribution is -0.118. The molecule has 5 heteroatoms. The number of carbonyl (C=O) groups is 2. The first-order valence-electron chi connectivity index (χ1n) is 5.16. The molecule has 1 N–H and O–H groups in total. The molecule has 0 aromatic heterocycles. The third-order valence-corrected chi connectivity index (χ3v) is 2.33. The van der Waals surface area contributed by atoms with Crippen LogP contribution in [0.15, 0.2) is 24.3 Å². The summed E-state index contributed by atoms with van der Waals surface area (Å²) >= 11 is 0. The van der Waals surface area contributed by atoms with E-state index in [9.17, 15) is 9.59 Å². The average molecular weight is 236 g/mol. The van der Waals surface area contributed by atoms with E-state index in [-0.39, 0.29) is 11.5 Å². The standard InChI is InChI=1S/C12H16N2O3/c1-13(2)8-11(15)14(3)10-6-4-9(5-7-10)12(16)17/h4-7H,8H2,1-3H3,(H,16,17). The van der Waals surface area contributed by atoms with E-state index in [0.717, 1.165) is 0 Å². The van der Waals surface area contributed by atoms with E-state index in [1.165, 1.54) is 17.0 Å². The van der Waals surface area contributed by atoms with Crippen molar-refractivity contribution >= 4 is 17.6 Å². The molecule has 0 spiro atoms. The van der Waals surface area contributed by atoms with Crippen molar-refractivity contribution in [2.24, 2.45) is 0 Å². The van der Waals surface area contributed by atoms with Gasteiger partial charge in [0.05, 0.1) is 12.1 Å². The molecule has 1 aromatic rings. The van der Waals surface area contributed by atoms with Crippen LogP contribution in [0.5, 0.6) is 0 Å². The van der Waals surface area contributed by atoms with Gasteiger partial charge in [-0.25, -0.2) is 4.79 Å². The van der Waals surface area contributed by atoms with Crippen LogP contribution < -0.4 is 4.90 Å². The van der Waals surface area contributed by atoms with E-state index in [1.807, 2.05) is 14.1 Å². The Kier molecular flexibility index (Phi) is 4.23. The van der Waals surface area contributed by atoms with Crippen molar-refractivity contribution < 1.29 is 14.7 Å². The molecule has 1 rings (SSSR count). The summed E-state index contributed by atoms with van der Waals surface area (Å²) in [6, 6.07) is 6.21. The fourth-order valence-electron chi connectivity index (χ4n) is 1.35. The molecule has 5 nitrogen and oxygen atoms in total. The fraction of sp³-hybridized carbons (Fsp3) is 0.333. The molecule has 0 saturated carbocycles. The molecule has 1 aromatic carbocycles. The van der Waals surface area contributed by atoms with Crippen LogP contribution in [0.1, 0.15) is 10.4 Å². The third-order valence-electron chi connectivity index (χ3n) is 2.33. The number of benzene rings is 1. The zero-order valence-electron chi connectivity index (χ0n) is 10.2. The summed E-state index contributed by atoms with van der Waals surface area (Å²) in [6.45, 7) is 0.317. The number of rotatable bonds is 4. The highest BCUT2D eigenvalue weighted by atomic mass is 16.4. The first-order valence-corrected chi connectivity index (χ1v) is 5.16. The number of hydrogen-bond acceptors (Lipinski definition) is 3. The normalized spacial score (nSPS) is 10.4. The molecule has 92 valence electrons. The number of amides is 1. The molecule has 0 aliphatic rings. The van der Waals surface area contributed by atoms with Crippen molar-refractivity contribution in [2.45, 2.75) is 0 Å². The minimum absolute atomic E-state index is 0.0434. The summed E-state index contributed by atoms with van der Waals surface area (Å²) in [4.78, 5) is 25.7. The van der Waals surface area contributed by atoms with E-state index >= 15 is 0 Å².